The lowest BCUT2D eigenvalue weighted by Gasteiger charge is -2.22. The number of carbonyl (C=O) groups is 3. The molecule has 2 heterocycles. The number of nitrogens with zero attached hydrogens (tertiary/aromatic N) is 4. The summed E-state index contributed by atoms with van der Waals surface area (Å²) < 4.78 is 5.96. The largest absolute Gasteiger partial charge is 0.539 e. The number of aryl methyl sites for hydroxylation is 1. The molecule has 1 aliphatic heterocycles. The summed E-state index contributed by atoms with van der Waals surface area (Å²) in [5, 5.41) is 21.3. The Morgan fingerprint density at radius 1 is 1.25 bits per heavy atom. The van der Waals surface area contributed by atoms with E-state index in [2.05, 4.69) is 20.4 Å². The zero-order chi connectivity index (χ0) is 23.0. The molecule has 2 aromatic rings. The van der Waals surface area contributed by atoms with Crippen molar-refractivity contribution in [1.29, 1.82) is 0 Å². The maximum Gasteiger partial charge on any atom is 0.252 e. The number of nitrogens with one attached hydrogen (secondary N) is 2. The molecule has 0 spiro atoms. The van der Waals surface area contributed by atoms with Crippen LogP contribution in [0.4, 0.5) is 11.4 Å². The number of amides is 3. The average molecular weight is 459 g/mol. The molecule has 1 saturated heterocycles. The maximum absolute atomic E-state index is 13.1. The summed E-state index contributed by atoms with van der Waals surface area (Å²) in [6.07, 6.45) is 1.57. The Bertz CT molecular complexity index is 1060. The second-order valence-corrected chi connectivity index (χ2v) is 8.17. The summed E-state index contributed by atoms with van der Waals surface area (Å²) in [6.45, 7) is 1.42. The fourth-order valence-corrected chi connectivity index (χ4v) is 4.02. The molecule has 1 atom stereocenters. The van der Waals surface area contributed by atoms with Crippen LogP contribution in [0.3, 0.4) is 0 Å². The molecule has 1 aliphatic carbocycles. The van der Waals surface area contributed by atoms with Crippen molar-refractivity contribution in [3.8, 4) is 5.95 Å². The fourth-order valence-electron chi connectivity index (χ4n) is 3.59. The molecular weight excluding hydrogens is 436 g/mol. The molecule has 1 aromatic heterocycles. The lowest BCUT2D eigenvalue weighted by atomic mass is 10.1. The minimum Gasteiger partial charge on any atom is -0.539 e. The lowest BCUT2D eigenvalue weighted by Crippen LogP contribution is -2.42. The van der Waals surface area contributed by atoms with Gasteiger partial charge in [-0.25, -0.2) is 0 Å². The Balaban J connectivity index is 1.48. The molecule has 2 fully saturated rings. The number of thiocarbonyl (C=S) groups is 1. The second-order valence-electron chi connectivity index (χ2n) is 7.81. The van der Waals surface area contributed by atoms with Crippen LogP contribution in [-0.2, 0) is 28.0 Å². The monoisotopic (exact) mass is 458 g/mol. The topological polar surface area (TPSA) is 135 Å². The van der Waals surface area contributed by atoms with E-state index in [0.29, 0.717) is 16.5 Å². The number of anilines is 2. The summed E-state index contributed by atoms with van der Waals surface area (Å²) in [6, 6.07) is 5.83. The number of hydrogen-bond acceptors (Lipinski definition) is 7. The highest BCUT2D eigenvalue weighted by molar-refractivity contribution is 7.80. The molecule has 168 valence electrons. The van der Waals surface area contributed by atoms with Crippen LogP contribution in [0.25, 0.3) is 0 Å². The molecule has 1 aromatic carbocycles. The first kappa shape index (κ1) is 21.7. The predicted molar refractivity (Wildman–Crippen MR) is 113 cm³/mol. The molecule has 12 heteroatoms. The Hall–Kier alpha value is -3.54. The van der Waals surface area contributed by atoms with Gasteiger partial charge in [0.15, 0.2) is 18.1 Å². The van der Waals surface area contributed by atoms with Crippen molar-refractivity contribution in [2.45, 2.75) is 44.8 Å². The van der Waals surface area contributed by atoms with Crippen LogP contribution in [0.15, 0.2) is 28.8 Å². The van der Waals surface area contributed by atoms with E-state index in [0.717, 1.165) is 12.8 Å². The smallest absolute Gasteiger partial charge is 0.252 e. The van der Waals surface area contributed by atoms with Crippen molar-refractivity contribution < 1.29 is 28.7 Å². The molecule has 3 amide bonds. The van der Waals surface area contributed by atoms with Crippen molar-refractivity contribution in [2.24, 2.45) is 7.05 Å². The standard InChI is InChI=1S/C20H21N6O5S/c1-11(27)21-12-3-5-13(6-4-12)22-17(28)9-15-18(29)26(14-7-8-14)20(32)25(15)10-16-19(30)31-23-24(16)2/h3-6,14-15,30H,7-10H2,1-2H3/q-1/p+1. The van der Waals surface area contributed by atoms with Gasteiger partial charge in [0.1, 0.15) is 12.6 Å². The van der Waals surface area contributed by atoms with E-state index < -0.39 is 12.0 Å². The van der Waals surface area contributed by atoms with Gasteiger partial charge < -0.3 is 25.2 Å². The van der Waals surface area contributed by atoms with Gasteiger partial charge in [-0.3, -0.25) is 19.3 Å². The summed E-state index contributed by atoms with van der Waals surface area (Å²) in [7, 11) is 1.56. The molecule has 1 unspecified atom stereocenters. The van der Waals surface area contributed by atoms with Crippen LogP contribution in [0.2, 0.25) is 0 Å². The van der Waals surface area contributed by atoms with Gasteiger partial charge >= 0.3 is 0 Å². The third-order valence-electron chi connectivity index (χ3n) is 5.32. The fraction of sp³-hybridized carbons (Fsp3) is 0.400. The van der Waals surface area contributed by atoms with E-state index >= 15 is 0 Å². The van der Waals surface area contributed by atoms with E-state index in [1.54, 1.807) is 41.1 Å². The Labute approximate surface area is 188 Å². The normalized spacial score (nSPS) is 18.2. The van der Waals surface area contributed by atoms with Crippen LogP contribution in [0.1, 0.15) is 31.9 Å². The minimum atomic E-state index is -0.837. The second kappa shape index (κ2) is 8.54. The minimum absolute atomic E-state index is 0.00991. The first-order valence-corrected chi connectivity index (χ1v) is 10.5. The molecule has 0 bridgehead atoms. The van der Waals surface area contributed by atoms with Crippen LogP contribution < -0.4 is 20.4 Å². The number of aromatic nitrogens is 2. The van der Waals surface area contributed by atoms with Gasteiger partial charge in [-0.2, -0.15) is 0 Å². The number of hydrogen-bond donors (Lipinski definition) is 2. The molecule has 2 aliphatic rings. The van der Waals surface area contributed by atoms with Gasteiger partial charge in [0.2, 0.25) is 11.8 Å². The highest BCUT2D eigenvalue weighted by Crippen LogP contribution is 2.34. The van der Waals surface area contributed by atoms with E-state index in [9.17, 15) is 19.5 Å². The first-order chi connectivity index (χ1) is 15.2. The van der Waals surface area contributed by atoms with E-state index in [-0.39, 0.29) is 42.4 Å². The van der Waals surface area contributed by atoms with Crippen LogP contribution in [0, 0.1) is 0 Å². The summed E-state index contributed by atoms with van der Waals surface area (Å²) in [4.78, 5) is 40.1. The van der Waals surface area contributed by atoms with Crippen molar-refractivity contribution >= 4 is 46.4 Å². The summed E-state index contributed by atoms with van der Waals surface area (Å²) in [5.41, 5.74) is 1.36. The molecular formula is C20H22N6O5S. The summed E-state index contributed by atoms with van der Waals surface area (Å²) in [5.74, 6) is -1.44. The highest BCUT2D eigenvalue weighted by Gasteiger charge is 2.49. The Morgan fingerprint density at radius 3 is 2.41 bits per heavy atom. The molecule has 0 radical (unpaired) electrons. The van der Waals surface area contributed by atoms with Crippen LogP contribution in [0.5, 0.6) is 5.95 Å². The zero-order valence-electron chi connectivity index (χ0n) is 17.5. The van der Waals surface area contributed by atoms with E-state index in [1.165, 1.54) is 11.6 Å². The molecule has 2 N–H and O–H groups in total. The lowest BCUT2D eigenvalue weighted by molar-refractivity contribution is -0.746. The molecule has 4 rings (SSSR count). The Morgan fingerprint density at radius 2 is 1.88 bits per heavy atom. The summed E-state index contributed by atoms with van der Waals surface area (Å²) >= 11 is 5.53. The maximum atomic E-state index is 13.1. The number of carbonyl (C=O) groups excluding carboxylic acids is 3. The quantitative estimate of drug-likeness (QED) is 0.438. The van der Waals surface area contributed by atoms with Crippen molar-refractivity contribution in [2.75, 3.05) is 10.6 Å². The highest BCUT2D eigenvalue weighted by atomic mass is 32.1. The van der Waals surface area contributed by atoms with Gasteiger partial charge in [0, 0.05) is 24.3 Å². The van der Waals surface area contributed by atoms with Gasteiger partial charge in [-0.05, 0) is 49.3 Å². The van der Waals surface area contributed by atoms with Crippen molar-refractivity contribution in [1.82, 2.24) is 15.1 Å². The average Bonchev–Trinajstić information content (AvgIpc) is 3.47. The Kier molecular flexibility index (Phi) is 5.78. The molecule has 11 nitrogen and oxygen atoms in total. The predicted octanol–water partition coefficient (Wildman–Crippen LogP) is 0.0200. The van der Waals surface area contributed by atoms with Gasteiger partial charge in [0.05, 0.1) is 11.7 Å². The SMILES string of the molecule is CC(=O)Nc1ccc(NC(=O)CC2C(=O)N(C3CC3)C(=S)N2Cc2c([O-])on[n+]2C)cc1. The molecule has 1 saturated carbocycles. The number of benzene rings is 1. The van der Waals surface area contributed by atoms with Crippen LogP contribution in [-0.4, -0.2) is 50.0 Å². The van der Waals surface area contributed by atoms with Crippen LogP contribution >= 0.6 is 12.2 Å². The van der Waals surface area contributed by atoms with Crippen molar-refractivity contribution in [3.63, 3.8) is 0 Å². The van der Waals surface area contributed by atoms with Crippen molar-refractivity contribution in [3.05, 3.63) is 30.0 Å². The molecule has 32 heavy (non-hydrogen) atoms. The third kappa shape index (κ3) is 4.40. The van der Waals surface area contributed by atoms with E-state index in [1.807, 2.05) is 0 Å². The van der Waals surface area contributed by atoms with Gasteiger partial charge in [0.25, 0.3) is 11.6 Å². The van der Waals surface area contributed by atoms with Gasteiger partial charge in [-0.1, -0.05) is 4.68 Å². The van der Waals surface area contributed by atoms with E-state index in [4.69, 9.17) is 12.2 Å². The zero-order valence-corrected chi connectivity index (χ0v) is 18.3. The number of rotatable bonds is 7. The third-order valence-corrected chi connectivity index (χ3v) is 5.75. The first-order valence-electron chi connectivity index (χ1n) is 10.1. The van der Waals surface area contributed by atoms with Gasteiger partial charge in [-0.15, -0.1) is 0 Å².